The lowest BCUT2D eigenvalue weighted by atomic mass is 9.90. The number of hydrogen-bond acceptors (Lipinski definition) is 12. The zero-order valence-corrected chi connectivity index (χ0v) is 60.9. The van der Waals surface area contributed by atoms with Crippen molar-refractivity contribution in [3.63, 3.8) is 0 Å². The average Bonchev–Trinajstić information content (AvgIpc) is 1.76. The van der Waals surface area contributed by atoms with Crippen LogP contribution in [-0.2, 0) is 76.6 Å². The molecule has 3 N–H and O–H groups in total. The van der Waals surface area contributed by atoms with E-state index in [1.165, 1.54) is 75.0 Å². The van der Waals surface area contributed by atoms with E-state index in [1.54, 1.807) is 30.9 Å². The maximum Gasteiger partial charge on any atom is 0.417 e. The first-order valence-electron chi connectivity index (χ1n) is 34.7. The Morgan fingerprint density at radius 3 is 1.80 bits per heavy atom. The van der Waals surface area contributed by atoms with Gasteiger partial charge in [-0.05, 0) is 106 Å². The Kier molecular flexibility index (Phi) is 28.3. The van der Waals surface area contributed by atoms with Gasteiger partial charge in [-0.25, -0.2) is 0 Å². The van der Waals surface area contributed by atoms with Crippen molar-refractivity contribution in [1.29, 1.82) is 0 Å². The molecule has 4 aliphatic rings. The second-order valence-electron chi connectivity index (χ2n) is 28.3. The molecule has 0 aromatic heterocycles. The molecule has 2 aromatic carbocycles. The molecule has 1 saturated carbocycles. The number of amides is 12. The lowest BCUT2D eigenvalue weighted by Crippen LogP contribution is -2.65. The minimum atomic E-state index is -4.77. The van der Waals surface area contributed by atoms with Crippen LogP contribution in [-0.4, -0.2) is 251 Å². The summed E-state index contributed by atoms with van der Waals surface area (Å²) in [7, 11) is 9.70. The molecule has 6 rings (SSSR count). The summed E-state index contributed by atoms with van der Waals surface area (Å²) >= 11 is 6.14. The van der Waals surface area contributed by atoms with E-state index >= 15 is 19.2 Å². The molecule has 28 heteroatoms. The molecule has 3 aliphatic heterocycles. The number of benzene rings is 2. The normalized spacial score (nSPS) is 25.0. The van der Waals surface area contributed by atoms with Gasteiger partial charge in [-0.2, -0.15) is 13.2 Å². The Labute approximate surface area is 585 Å². The molecule has 0 bridgehead atoms. The van der Waals surface area contributed by atoms with E-state index < -0.39 is 173 Å². The quantitative estimate of drug-likeness (QED) is 0.251. The van der Waals surface area contributed by atoms with Gasteiger partial charge >= 0.3 is 6.18 Å². The van der Waals surface area contributed by atoms with Crippen molar-refractivity contribution < 1.29 is 70.7 Å². The summed E-state index contributed by atoms with van der Waals surface area (Å²) in [6, 6.07) is 1.26. The summed E-state index contributed by atoms with van der Waals surface area (Å²) in [6.45, 7) is 11.7. The van der Waals surface area contributed by atoms with Crippen molar-refractivity contribution >= 4 is 82.5 Å². The molecular formula is C71H104ClF3N12O12. The molecule has 24 nitrogen and oxygen atoms in total. The molecule has 3 heterocycles. The fourth-order valence-corrected chi connectivity index (χ4v) is 14.0. The number of hydrogen-bond donors (Lipinski definition) is 3. The van der Waals surface area contributed by atoms with Gasteiger partial charge in [-0.15, -0.1) is 0 Å². The second-order valence-corrected chi connectivity index (χ2v) is 28.7. The van der Waals surface area contributed by atoms with E-state index in [2.05, 4.69) is 16.0 Å². The summed E-state index contributed by atoms with van der Waals surface area (Å²) in [5.74, 6) is -9.44. The van der Waals surface area contributed by atoms with Gasteiger partial charge in [0.05, 0.1) is 36.6 Å². The number of likely N-dealkylation sites (N-methyl/N-ethyl adjacent to an activating group) is 7. The van der Waals surface area contributed by atoms with Crippen LogP contribution in [0, 0.1) is 24.7 Å². The van der Waals surface area contributed by atoms with Crippen LogP contribution in [0.2, 0.25) is 5.02 Å². The van der Waals surface area contributed by atoms with E-state index in [9.17, 15) is 51.5 Å². The van der Waals surface area contributed by atoms with Gasteiger partial charge in [-0.1, -0.05) is 115 Å². The SMILES string of the molecule is CC[C@H](C)[C@@H]1NC(=O)[C@H](CC(C)C)N(C)C(=O)C[C@@H](C(=O)N2CCCC2)N(C)C(=O)[C@H]([C@@H](C)CC)N(C)C(=O)C2(CCCC2)NC(=O)C2CCCN2C(=O)[C@H](CCc2ccc(C(F)(F)F)c(Cl)c2)NC(=O)CN(C)C(=O)[C@H](Cc2ccc(C)cc2)N(C)C(=O)CN(C)C(=O)CN(C)C1=O. The Balaban J connectivity index is 1.43. The third-order valence-corrected chi connectivity index (χ3v) is 20.8. The van der Waals surface area contributed by atoms with Crippen LogP contribution in [0.25, 0.3) is 0 Å². The predicted molar refractivity (Wildman–Crippen MR) is 366 cm³/mol. The first kappa shape index (κ1) is 80.1. The van der Waals surface area contributed by atoms with Crippen LogP contribution in [0.5, 0.6) is 0 Å². The van der Waals surface area contributed by atoms with Gasteiger partial charge in [0.15, 0.2) is 0 Å². The third-order valence-electron chi connectivity index (χ3n) is 20.5. The summed E-state index contributed by atoms with van der Waals surface area (Å²) in [5.41, 5.74) is -0.849. The molecule has 3 saturated heterocycles. The number of fused-ring (bicyclic) bond motifs is 1. The molecule has 1 aliphatic carbocycles. The number of rotatable bonds is 12. The van der Waals surface area contributed by atoms with Gasteiger partial charge in [0.1, 0.15) is 47.8 Å². The lowest BCUT2D eigenvalue weighted by Gasteiger charge is -2.42. The highest BCUT2D eigenvalue weighted by Gasteiger charge is 2.51. The van der Waals surface area contributed by atoms with Crippen molar-refractivity contribution in [2.24, 2.45) is 17.8 Å². The average molecular weight is 1410 g/mol. The number of nitrogens with one attached hydrogen (secondary N) is 3. The maximum absolute atomic E-state index is 15.5. The number of halogens is 4. The highest BCUT2D eigenvalue weighted by molar-refractivity contribution is 6.31. The monoisotopic (exact) mass is 1410 g/mol. The highest BCUT2D eigenvalue weighted by Crippen LogP contribution is 2.37. The predicted octanol–water partition coefficient (Wildman–Crippen LogP) is 5.08. The van der Waals surface area contributed by atoms with Crippen LogP contribution in [0.1, 0.15) is 147 Å². The first-order chi connectivity index (χ1) is 46.5. The fourth-order valence-electron chi connectivity index (χ4n) is 13.7. The molecule has 99 heavy (non-hydrogen) atoms. The first-order valence-corrected chi connectivity index (χ1v) is 35.1. The van der Waals surface area contributed by atoms with Gasteiger partial charge in [-0.3, -0.25) is 57.5 Å². The summed E-state index contributed by atoms with van der Waals surface area (Å²) < 4.78 is 41.6. The minimum absolute atomic E-state index is 0.0160. The number of aryl methyl sites for hydroxylation is 2. The highest BCUT2D eigenvalue weighted by atomic mass is 35.5. The van der Waals surface area contributed by atoms with E-state index in [0.29, 0.717) is 63.6 Å². The van der Waals surface area contributed by atoms with E-state index in [0.717, 1.165) is 37.3 Å². The lowest BCUT2D eigenvalue weighted by molar-refractivity contribution is -0.156. The van der Waals surface area contributed by atoms with Crippen LogP contribution in [0.15, 0.2) is 42.5 Å². The van der Waals surface area contributed by atoms with Crippen molar-refractivity contribution in [2.75, 3.05) is 88.6 Å². The number of carbonyl (C=O) groups excluding carboxylic acids is 12. The Morgan fingerprint density at radius 1 is 0.626 bits per heavy atom. The zero-order chi connectivity index (χ0) is 73.7. The molecular weight excluding hydrogens is 1310 g/mol. The van der Waals surface area contributed by atoms with Crippen molar-refractivity contribution in [3.05, 3.63) is 69.7 Å². The molecule has 0 radical (unpaired) electrons. The molecule has 9 atom stereocenters. The second kappa shape index (κ2) is 35.0. The molecule has 1 unspecified atom stereocenters. The van der Waals surface area contributed by atoms with Crippen molar-refractivity contribution in [3.8, 4) is 0 Å². The van der Waals surface area contributed by atoms with E-state index in [1.807, 2.05) is 46.8 Å². The molecule has 1 spiro atoms. The van der Waals surface area contributed by atoms with Gasteiger partial charge in [0.2, 0.25) is 70.9 Å². The third kappa shape index (κ3) is 20.0. The largest absolute Gasteiger partial charge is 0.417 e. The summed E-state index contributed by atoms with van der Waals surface area (Å²) in [6.07, 6.45) is -1.78. The van der Waals surface area contributed by atoms with E-state index in [-0.39, 0.29) is 63.0 Å². The summed E-state index contributed by atoms with van der Waals surface area (Å²) in [5, 5.41) is 8.04. The van der Waals surface area contributed by atoms with Crippen LogP contribution in [0.3, 0.4) is 0 Å². The van der Waals surface area contributed by atoms with Crippen molar-refractivity contribution in [2.45, 2.75) is 199 Å². The number of alkyl halides is 3. The smallest absolute Gasteiger partial charge is 0.343 e. The topological polar surface area (TPSA) is 270 Å². The van der Waals surface area contributed by atoms with Gasteiger partial charge in [0.25, 0.3) is 0 Å². The molecule has 4 fully saturated rings. The number of nitrogens with zero attached hydrogens (tertiary/aromatic N) is 9. The van der Waals surface area contributed by atoms with Crippen LogP contribution < -0.4 is 16.0 Å². The molecule has 12 amide bonds. The Morgan fingerprint density at radius 2 is 1.21 bits per heavy atom. The van der Waals surface area contributed by atoms with Gasteiger partial charge < -0.3 is 60.0 Å². The Hall–Kier alpha value is -7.84. The standard InChI is InChI=1S/C71H104ClF3N12O12/c1-15-45(6)60-67(97)81(10)41-58(90)79(8)42-59(91)83(12)54(38-48-25-23-44(5)24-26-48)65(95)80(9)40-56(88)76-51(30-28-47-27-29-49(50(72)37-47)71(73,74)75)64(94)87-35-21-22-52(87)63(93)78-70(31-17-18-32-70)69(99)85(14)61(46(7)16-2)68(98)84(13)55(66(96)86-33-19-20-34-86)39-57(89)82(11)53(36-43(3)4)62(92)77-60/h23-27,29,37,43,45-46,51-55,60-61H,15-22,28,30-36,38-42H2,1-14H3,(H,76,88)(H,77,92)(H,78,93)/t45-,46-,51-,52?,53-,54-,55-,60-,61-/m0/s1. The molecule has 548 valence electrons. The van der Waals surface area contributed by atoms with Crippen LogP contribution in [0.4, 0.5) is 13.2 Å². The summed E-state index contributed by atoms with van der Waals surface area (Å²) in [4.78, 5) is 189. The fraction of sp³-hybridized carbons (Fsp3) is 0.662. The zero-order valence-electron chi connectivity index (χ0n) is 60.1. The number of likely N-dealkylation sites (tertiary alicyclic amines) is 1. The van der Waals surface area contributed by atoms with Crippen LogP contribution >= 0.6 is 11.6 Å². The maximum atomic E-state index is 15.5. The van der Waals surface area contributed by atoms with E-state index in [4.69, 9.17) is 11.6 Å². The number of carbonyl (C=O) groups is 12. The van der Waals surface area contributed by atoms with Gasteiger partial charge in [0, 0.05) is 75.4 Å². The Bertz CT molecular complexity index is 3270. The van der Waals surface area contributed by atoms with Crippen molar-refractivity contribution in [1.82, 2.24) is 60.0 Å². The molecule has 2 aromatic rings. The minimum Gasteiger partial charge on any atom is -0.343 e.